The predicted molar refractivity (Wildman–Crippen MR) is 80.1 cm³/mol. The maximum Gasteiger partial charge on any atom is 0.240 e. The fraction of sp³-hybridized carbons (Fsp3) is 0.571. The van der Waals surface area contributed by atoms with Gasteiger partial charge in [0, 0.05) is 26.3 Å². The van der Waals surface area contributed by atoms with Gasteiger partial charge in [0.2, 0.25) is 10.0 Å². The zero-order valence-corrected chi connectivity index (χ0v) is 13.0. The highest BCUT2D eigenvalue weighted by molar-refractivity contribution is 7.89. The Bertz CT molecular complexity index is 472. The van der Waals surface area contributed by atoms with Crippen molar-refractivity contribution in [1.29, 1.82) is 0 Å². The van der Waals surface area contributed by atoms with E-state index in [1.807, 2.05) is 26.0 Å². The molecule has 1 aromatic rings. The Morgan fingerprint density at radius 1 is 1.15 bits per heavy atom. The fourth-order valence-electron chi connectivity index (χ4n) is 1.66. The van der Waals surface area contributed by atoms with Crippen LogP contribution in [-0.2, 0) is 21.3 Å². The third-order valence-corrected chi connectivity index (χ3v) is 4.25. The molecule has 0 radical (unpaired) electrons. The zero-order chi connectivity index (χ0) is 14.8. The Balaban J connectivity index is 2.50. The normalized spacial score (nSPS) is 11.7. The van der Waals surface area contributed by atoms with Crippen molar-refractivity contribution in [3.05, 3.63) is 29.8 Å². The molecule has 0 atom stereocenters. The Kier molecular flexibility index (Phi) is 7.76. The topological polar surface area (TPSA) is 67.4 Å². The van der Waals surface area contributed by atoms with E-state index in [2.05, 4.69) is 10.0 Å². The number of rotatable bonds is 10. The molecule has 0 fully saturated rings. The number of sulfonamides is 1. The lowest BCUT2D eigenvalue weighted by atomic mass is 10.2. The van der Waals surface area contributed by atoms with Gasteiger partial charge in [0.05, 0.1) is 4.90 Å². The summed E-state index contributed by atoms with van der Waals surface area (Å²) in [6, 6.07) is 6.93. The van der Waals surface area contributed by atoms with Crippen LogP contribution in [0.3, 0.4) is 0 Å². The summed E-state index contributed by atoms with van der Waals surface area (Å²) < 4.78 is 31.8. The second kappa shape index (κ2) is 9.07. The smallest absolute Gasteiger partial charge is 0.240 e. The second-order valence-electron chi connectivity index (χ2n) is 4.37. The van der Waals surface area contributed by atoms with Crippen molar-refractivity contribution in [2.75, 3.05) is 26.3 Å². The van der Waals surface area contributed by atoms with Gasteiger partial charge >= 0.3 is 0 Å². The number of hydrogen-bond donors (Lipinski definition) is 2. The first-order chi connectivity index (χ1) is 9.60. The van der Waals surface area contributed by atoms with Gasteiger partial charge < -0.3 is 10.1 Å². The molecule has 0 saturated heterocycles. The van der Waals surface area contributed by atoms with Crippen molar-refractivity contribution >= 4 is 10.0 Å². The van der Waals surface area contributed by atoms with Crippen LogP contribution in [0.1, 0.15) is 25.8 Å². The molecule has 0 saturated carbocycles. The SMILES string of the molecule is CCNCc1ccc(S(=O)(=O)NCCCOCC)cc1. The largest absolute Gasteiger partial charge is 0.382 e. The van der Waals surface area contributed by atoms with Gasteiger partial charge in [-0.15, -0.1) is 0 Å². The highest BCUT2D eigenvalue weighted by atomic mass is 32.2. The van der Waals surface area contributed by atoms with Crippen molar-refractivity contribution in [3.63, 3.8) is 0 Å². The second-order valence-corrected chi connectivity index (χ2v) is 6.14. The summed E-state index contributed by atoms with van der Waals surface area (Å²) in [5, 5.41) is 3.20. The Hall–Kier alpha value is -0.950. The first kappa shape index (κ1) is 17.1. The molecular weight excluding hydrogens is 276 g/mol. The van der Waals surface area contributed by atoms with E-state index < -0.39 is 10.0 Å². The van der Waals surface area contributed by atoms with E-state index >= 15 is 0 Å². The molecule has 0 aliphatic heterocycles. The van der Waals surface area contributed by atoms with Crippen LogP contribution >= 0.6 is 0 Å². The summed E-state index contributed by atoms with van der Waals surface area (Å²) in [6.45, 7) is 7.20. The molecule has 0 heterocycles. The summed E-state index contributed by atoms with van der Waals surface area (Å²) in [5.74, 6) is 0. The van der Waals surface area contributed by atoms with E-state index in [1.54, 1.807) is 12.1 Å². The predicted octanol–water partition coefficient (Wildman–Crippen LogP) is 1.50. The van der Waals surface area contributed by atoms with E-state index in [9.17, 15) is 8.42 Å². The molecule has 20 heavy (non-hydrogen) atoms. The minimum absolute atomic E-state index is 0.300. The lowest BCUT2D eigenvalue weighted by Gasteiger charge is -2.08. The first-order valence-corrected chi connectivity index (χ1v) is 8.45. The van der Waals surface area contributed by atoms with Gasteiger partial charge in [-0.1, -0.05) is 19.1 Å². The van der Waals surface area contributed by atoms with Gasteiger partial charge in [-0.25, -0.2) is 13.1 Å². The fourth-order valence-corrected chi connectivity index (χ4v) is 2.74. The van der Waals surface area contributed by atoms with Gasteiger partial charge in [-0.2, -0.15) is 0 Å². The molecule has 2 N–H and O–H groups in total. The van der Waals surface area contributed by atoms with Crippen LogP contribution < -0.4 is 10.0 Å². The van der Waals surface area contributed by atoms with Crippen LogP contribution in [0.2, 0.25) is 0 Å². The summed E-state index contributed by atoms with van der Waals surface area (Å²) >= 11 is 0. The summed E-state index contributed by atoms with van der Waals surface area (Å²) in [5.41, 5.74) is 1.07. The maximum atomic E-state index is 12.0. The summed E-state index contributed by atoms with van der Waals surface area (Å²) in [6.07, 6.45) is 0.672. The summed E-state index contributed by atoms with van der Waals surface area (Å²) in [7, 11) is -3.41. The van der Waals surface area contributed by atoms with Gasteiger partial charge in [-0.05, 0) is 37.6 Å². The van der Waals surface area contributed by atoms with Crippen LogP contribution in [0.5, 0.6) is 0 Å². The number of ether oxygens (including phenoxy) is 1. The Labute approximate surface area is 121 Å². The lowest BCUT2D eigenvalue weighted by Crippen LogP contribution is -2.25. The van der Waals surface area contributed by atoms with Gasteiger partial charge in [0.1, 0.15) is 0 Å². The standard InChI is InChI=1S/C14H24N2O3S/c1-3-15-12-13-6-8-14(9-7-13)20(17,18)16-10-5-11-19-4-2/h6-9,15-16H,3-5,10-12H2,1-2H3. The third-order valence-electron chi connectivity index (χ3n) is 2.77. The molecule has 0 spiro atoms. The molecule has 5 nitrogen and oxygen atoms in total. The molecule has 1 aromatic carbocycles. The molecule has 0 bridgehead atoms. The monoisotopic (exact) mass is 300 g/mol. The molecule has 0 unspecified atom stereocenters. The van der Waals surface area contributed by atoms with Crippen LogP contribution in [0.15, 0.2) is 29.2 Å². The van der Waals surface area contributed by atoms with Gasteiger partial charge in [0.15, 0.2) is 0 Å². The van der Waals surface area contributed by atoms with E-state index in [0.717, 1.165) is 18.7 Å². The number of hydrogen-bond acceptors (Lipinski definition) is 4. The van der Waals surface area contributed by atoms with Crippen molar-refractivity contribution in [2.45, 2.75) is 31.7 Å². The minimum Gasteiger partial charge on any atom is -0.382 e. The van der Waals surface area contributed by atoms with Crippen LogP contribution in [0.25, 0.3) is 0 Å². The van der Waals surface area contributed by atoms with Crippen molar-refractivity contribution < 1.29 is 13.2 Å². The quantitative estimate of drug-likeness (QED) is 0.643. The first-order valence-electron chi connectivity index (χ1n) is 6.97. The molecule has 0 amide bonds. The maximum absolute atomic E-state index is 12.0. The molecule has 0 aliphatic rings. The molecule has 0 aromatic heterocycles. The molecular formula is C14H24N2O3S. The van der Waals surface area contributed by atoms with Crippen molar-refractivity contribution in [1.82, 2.24) is 10.0 Å². The van der Waals surface area contributed by atoms with Crippen LogP contribution in [-0.4, -0.2) is 34.7 Å². The average Bonchev–Trinajstić information content (AvgIpc) is 2.45. The highest BCUT2D eigenvalue weighted by Crippen LogP contribution is 2.10. The van der Waals surface area contributed by atoms with E-state index in [4.69, 9.17) is 4.74 Å². The van der Waals surface area contributed by atoms with E-state index in [1.165, 1.54) is 0 Å². The molecule has 114 valence electrons. The molecule has 6 heteroatoms. The van der Waals surface area contributed by atoms with Crippen molar-refractivity contribution in [2.24, 2.45) is 0 Å². The van der Waals surface area contributed by atoms with Crippen molar-refractivity contribution in [3.8, 4) is 0 Å². The Morgan fingerprint density at radius 3 is 2.45 bits per heavy atom. The van der Waals surface area contributed by atoms with Crippen LogP contribution in [0.4, 0.5) is 0 Å². The number of nitrogens with one attached hydrogen (secondary N) is 2. The minimum atomic E-state index is -3.41. The average molecular weight is 300 g/mol. The van der Waals surface area contributed by atoms with E-state index in [0.29, 0.717) is 31.1 Å². The lowest BCUT2D eigenvalue weighted by molar-refractivity contribution is 0.146. The Morgan fingerprint density at radius 2 is 1.85 bits per heavy atom. The number of benzene rings is 1. The van der Waals surface area contributed by atoms with Gasteiger partial charge in [-0.3, -0.25) is 0 Å². The third kappa shape index (κ3) is 6.00. The highest BCUT2D eigenvalue weighted by Gasteiger charge is 2.12. The van der Waals surface area contributed by atoms with Crippen LogP contribution in [0, 0.1) is 0 Å². The molecule has 0 aliphatic carbocycles. The molecule has 1 rings (SSSR count). The van der Waals surface area contributed by atoms with E-state index in [-0.39, 0.29) is 0 Å². The zero-order valence-electron chi connectivity index (χ0n) is 12.2. The van der Waals surface area contributed by atoms with Gasteiger partial charge in [0.25, 0.3) is 0 Å². The summed E-state index contributed by atoms with van der Waals surface area (Å²) in [4.78, 5) is 0.300.